The van der Waals surface area contributed by atoms with Gasteiger partial charge in [-0.15, -0.1) is 0 Å². The number of rotatable bonds is 19. The van der Waals surface area contributed by atoms with Gasteiger partial charge in [-0.1, -0.05) is 0 Å². The molecule has 0 fully saturated rings. The molecule has 0 aliphatic carbocycles. The van der Waals surface area contributed by atoms with Crippen LogP contribution in [0.3, 0.4) is 0 Å². The highest BCUT2D eigenvalue weighted by molar-refractivity contribution is 14.1. The number of hydrogen-bond acceptors (Lipinski definition) is 10. The molecule has 0 bridgehead atoms. The van der Waals surface area contributed by atoms with E-state index >= 15 is 0 Å². The summed E-state index contributed by atoms with van der Waals surface area (Å²) in [7, 11) is 1.71. The van der Waals surface area contributed by atoms with Gasteiger partial charge in [0, 0.05) is 40.7 Å². The Kier molecular flexibility index (Phi) is 14.5. The van der Waals surface area contributed by atoms with Gasteiger partial charge in [0.25, 0.3) is 0 Å². The molecule has 2 aromatic heterocycles. The third kappa shape index (κ3) is 13.2. The van der Waals surface area contributed by atoms with E-state index in [0.29, 0.717) is 55.0 Å². The topological polar surface area (TPSA) is 132 Å². The molecule has 1 aromatic carbocycles. The maximum atomic E-state index is 12.8. The number of carbonyl (C=O) groups is 4. The molecule has 0 spiro atoms. The van der Waals surface area contributed by atoms with Crippen molar-refractivity contribution in [2.24, 2.45) is 7.05 Å². The highest BCUT2D eigenvalue weighted by atomic mass is 127. The summed E-state index contributed by atoms with van der Waals surface area (Å²) in [5, 5.41) is 0. The molecule has 2 heterocycles. The summed E-state index contributed by atoms with van der Waals surface area (Å²) in [5.41, 5.74) is 1.03. The second kappa shape index (κ2) is 18.1. The van der Waals surface area contributed by atoms with Crippen molar-refractivity contribution in [1.29, 1.82) is 0 Å². The summed E-state index contributed by atoms with van der Waals surface area (Å²) in [6, 6.07) is 13.9. The first kappa shape index (κ1) is 37.8. The number of ketones is 1. The largest absolute Gasteiger partial charge is 0.463 e. The quantitative estimate of drug-likeness (QED) is 0.0507. The molecule has 0 saturated carbocycles. The Labute approximate surface area is 289 Å². The minimum absolute atomic E-state index is 0.0875. The fourth-order valence-electron chi connectivity index (χ4n) is 4.51. The SMILES string of the molecule is Cn1c(CC(=O)OCC(=O)OCCCC(C)(C)OCCOC(C)(C)CCOC(=O)c2cccnc2)ccc1C(=O)c1ccc(I)cc1. The van der Waals surface area contributed by atoms with Crippen molar-refractivity contribution in [2.75, 3.05) is 33.0 Å². The minimum Gasteiger partial charge on any atom is -0.463 e. The zero-order valence-electron chi connectivity index (χ0n) is 27.6. The number of aromatic nitrogens is 2. The average Bonchev–Trinajstić information content (AvgIpc) is 3.40. The van der Waals surface area contributed by atoms with Crippen LogP contribution in [0.4, 0.5) is 0 Å². The first-order valence-electron chi connectivity index (χ1n) is 15.4. The van der Waals surface area contributed by atoms with Gasteiger partial charge in [0.15, 0.2) is 6.61 Å². The standard InChI is InChI=1S/C35H43IN2O9/c1-34(2,46-20-21-47-35(3,4)16-19-44-33(42)26-8-6-17-37-23-26)15-7-18-43-31(40)24-45-30(39)22-28-13-14-29(38(28)5)32(41)25-9-11-27(36)12-10-25/h6,8-14,17,23H,7,15-16,18-22,24H2,1-5H3. The fraction of sp³-hybridized carbons (Fsp3) is 0.457. The van der Waals surface area contributed by atoms with Crippen molar-refractivity contribution >= 4 is 46.3 Å². The van der Waals surface area contributed by atoms with Gasteiger partial charge < -0.3 is 28.3 Å². The molecular weight excluding hydrogens is 719 g/mol. The Morgan fingerprint density at radius 2 is 1.45 bits per heavy atom. The fourth-order valence-corrected chi connectivity index (χ4v) is 4.87. The van der Waals surface area contributed by atoms with Crippen LogP contribution in [-0.4, -0.2) is 77.5 Å². The molecule has 0 aliphatic heterocycles. The lowest BCUT2D eigenvalue weighted by atomic mass is 10.0. The van der Waals surface area contributed by atoms with Crippen LogP contribution in [0.15, 0.2) is 60.9 Å². The maximum Gasteiger partial charge on any atom is 0.344 e. The smallest absolute Gasteiger partial charge is 0.344 e. The molecule has 0 unspecified atom stereocenters. The molecule has 3 rings (SSSR count). The van der Waals surface area contributed by atoms with Crippen LogP contribution in [0.5, 0.6) is 0 Å². The molecule has 11 nitrogen and oxygen atoms in total. The number of esters is 3. The van der Waals surface area contributed by atoms with E-state index in [9.17, 15) is 19.2 Å². The van der Waals surface area contributed by atoms with Crippen molar-refractivity contribution in [3.05, 3.63) is 87.0 Å². The van der Waals surface area contributed by atoms with Crippen LogP contribution in [0.1, 0.15) is 79.1 Å². The zero-order valence-corrected chi connectivity index (χ0v) is 29.7. The number of carbonyl (C=O) groups excluding carboxylic acids is 4. The molecular formula is C35H43IN2O9. The molecule has 3 aromatic rings. The lowest BCUT2D eigenvalue weighted by molar-refractivity contribution is -0.158. The summed E-state index contributed by atoms with van der Waals surface area (Å²) < 4.78 is 30.2. The Balaban J connectivity index is 1.26. The first-order chi connectivity index (χ1) is 22.3. The summed E-state index contributed by atoms with van der Waals surface area (Å²) in [6.45, 7) is 8.36. The average molecular weight is 763 g/mol. The third-order valence-electron chi connectivity index (χ3n) is 7.33. The maximum absolute atomic E-state index is 12.8. The summed E-state index contributed by atoms with van der Waals surface area (Å²) in [5.74, 6) is -1.80. The molecule has 0 N–H and O–H groups in total. The van der Waals surface area contributed by atoms with E-state index in [1.807, 2.05) is 39.8 Å². The molecule has 0 radical (unpaired) electrons. The van der Waals surface area contributed by atoms with Crippen LogP contribution >= 0.6 is 22.6 Å². The Bertz CT molecular complexity index is 1480. The predicted molar refractivity (Wildman–Crippen MR) is 182 cm³/mol. The van der Waals surface area contributed by atoms with E-state index in [0.717, 1.165) is 3.57 Å². The molecule has 0 saturated heterocycles. The number of nitrogens with zero attached hydrogens (tertiary/aromatic N) is 2. The van der Waals surface area contributed by atoms with Gasteiger partial charge in [-0.25, -0.2) is 9.59 Å². The number of ether oxygens (including phenoxy) is 5. The van der Waals surface area contributed by atoms with Crippen molar-refractivity contribution in [2.45, 2.75) is 64.6 Å². The van der Waals surface area contributed by atoms with E-state index in [-0.39, 0.29) is 25.4 Å². The Morgan fingerprint density at radius 1 is 0.766 bits per heavy atom. The summed E-state index contributed by atoms with van der Waals surface area (Å²) in [6.07, 6.45) is 4.68. The second-order valence-corrected chi connectivity index (χ2v) is 13.4. The van der Waals surface area contributed by atoms with Crippen LogP contribution < -0.4 is 0 Å². The first-order valence-corrected chi connectivity index (χ1v) is 16.5. The van der Waals surface area contributed by atoms with Gasteiger partial charge in [-0.05, 0) is 112 Å². The highest BCUT2D eigenvalue weighted by Gasteiger charge is 2.22. The normalized spacial score (nSPS) is 11.6. The van der Waals surface area contributed by atoms with Gasteiger partial charge in [-0.3, -0.25) is 14.6 Å². The van der Waals surface area contributed by atoms with E-state index in [1.165, 1.54) is 6.20 Å². The van der Waals surface area contributed by atoms with E-state index < -0.39 is 35.7 Å². The molecule has 0 aliphatic rings. The van der Waals surface area contributed by atoms with Gasteiger partial charge >= 0.3 is 17.9 Å². The van der Waals surface area contributed by atoms with Crippen LogP contribution in [0, 0.1) is 3.57 Å². The molecule has 12 heteroatoms. The summed E-state index contributed by atoms with van der Waals surface area (Å²) in [4.78, 5) is 53.3. The number of pyridine rings is 1. The number of benzene rings is 1. The molecule has 0 amide bonds. The van der Waals surface area contributed by atoms with Gasteiger partial charge in [-0.2, -0.15) is 0 Å². The van der Waals surface area contributed by atoms with E-state index in [2.05, 4.69) is 27.6 Å². The van der Waals surface area contributed by atoms with Crippen molar-refractivity contribution in [3.63, 3.8) is 0 Å². The highest BCUT2D eigenvalue weighted by Crippen LogP contribution is 2.19. The van der Waals surface area contributed by atoms with E-state index in [1.54, 1.807) is 54.2 Å². The predicted octanol–water partition coefficient (Wildman–Crippen LogP) is 5.50. The van der Waals surface area contributed by atoms with Crippen molar-refractivity contribution in [1.82, 2.24) is 9.55 Å². The summed E-state index contributed by atoms with van der Waals surface area (Å²) >= 11 is 2.18. The van der Waals surface area contributed by atoms with Gasteiger partial charge in [0.1, 0.15) is 0 Å². The molecule has 0 atom stereocenters. The zero-order chi connectivity index (χ0) is 34.5. The number of halogens is 1. The van der Waals surface area contributed by atoms with E-state index in [4.69, 9.17) is 23.7 Å². The van der Waals surface area contributed by atoms with Gasteiger partial charge in [0.2, 0.25) is 5.78 Å². The number of hydrogen-bond donors (Lipinski definition) is 0. The van der Waals surface area contributed by atoms with Crippen molar-refractivity contribution < 1.29 is 42.9 Å². The molecule has 47 heavy (non-hydrogen) atoms. The lowest BCUT2D eigenvalue weighted by Crippen LogP contribution is -2.31. The minimum atomic E-state index is -0.639. The van der Waals surface area contributed by atoms with Crippen molar-refractivity contribution in [3.8, 4) is 0 Å². The molecule has 254 valence electrons. The van der Waals surface area contributed by atoms with Gasteiger partial charge in [0.05, 0.1) is 55.3 Å². The van der Waals surface area contributed by atoms with Crippen LogP contribution in [0.25, 0.3) is 0 Å². The monoisotopic (exact) mass is 762 g/mol. The van der Waals surface area contributed by atoms with Crippen LogP contribution in [-0.2, 0) is 46.7 Å². The Morgan fingerprint density at radius 3 is 2.11 bits per heavy atom. The third-order valence-corrected chi connectivity index (χ3v) is 8.05. The van der Waals surface area contributed by atoms with Crippen LogP contribution in [0.2, 0.25) is 0 Å². The lowest BCUT2D eigenvalue weighted by Gasteiger charge is -2.28. The Hall–Kier alpha value is -3.62. The second-order valence-electron chi connectivity index (χ2n) is 12.1.